The van der Waals surface area contributed by atoms with Gasteiger partial charge < -0.3 is 14.9 Å². The van der Waals surface area contributed by atoms with Crippen LogP contribution in [0, 0.1) is 0 Å². The molecule has 0 heterocycles. The third-order valence-electron chi connectivity index (χ3n) is 1.77. The van der Waals surface area contributed by atoms with Crippen molar-refractivity contribution in [2.24, 2.45) is 0 Å². The Hall–Kier alpha value is -1.68. The van der Waals surface area contributed by atoms with Gasteiger partial charge in [-0.2, -0.15) is 0 Å². The number of hydrogen-bond donors (Lipinski definition) is 2. The Morgan fingerprint density at radius 1 is 1.56 bits per heavy atom. The highest BCUT2D eigenvalue weighted by Crippen LogP contribution is 2.35. The minimum absolute atomic E-state index is 0.121. The number of carboxylic acids is 1. The number of benzene rings is 1. The summed E-state index contributed by atoms with van der Waals surface area (Å²) in [4.78, 5) is 10.3. The van der Waals surface area contributed by atoms with Crippen molar-refractivity contribution in [2.45, 2.75) is 6.92 Å². The minimum Gasteiger partial charge on any atom is -0.503 e. The van der Waals surface area contributed by atoms with Crippen LogP contribution in [0.15, 0.2) is 18.2 Å². The number of carboxylic acid groups (broad SMARTS) is 1. The molecule has 1 rings (SSSR count). The number of rotatable bonds is 4. The van der Waals surface area contributed by atoms with Crippen LogP contribution in [0.2, 0.25) is 5.02 Å². The predicted octanol–water partition coefficient (Wildman–Crippen LogP) is 2.54. The first-order valence-electron chi connectivity index (χ1n) is 4.61. The highest BCUT2D eigenvalue weighted by atomic mass is 35.5. The zero-order chi connectivity index (χ0) is 12.1. The summed E-state index contributed by atoms with van der Waals surface area (Å²) in [6, 6.07) is 2.98. The van der Waals surface area contributed by atoms with E-state index in [0.29, 0.717) is 12.2 Å². The van der Waals surface area contributed by atoms with Gasteiger partial charge in [0.25, 0.3) is 0 Å². The van der Waals surface area contributed by atoms with E-state index in [1.165, 1.54) is 18.2 Å². The zero-order valence-corrected chi connectivity index (χ0v) is 9.36. The van der Waals surface area contributed by atoms with Gasteiger partial charge in [0.05, 0.1) is 11.6 Å². The van der Waals surface area contributed by atoms with Gasteiger partial charge in [-0.15, -0.1) is 0 Å². The lowest BCUT2D eigenvalue weighted by atomic mass is 10.2. The van der Waals surface area contributed by atoms with Crippen LogP contribution < -0.4 is 4.74 Å². The molecule has 0 fully saturated rings. The molecular formula is C11H11ClO4. The number of ether oxygens (including phenoxy) is 1. The van der Waals surface area contributed by atoms with Crippen molar-refractivity contribution in [3.8, 4) is 11.5 Å². The van der Waals surface area contributed by atoms with Crippen molar-refractivity contribution >= 4 is 23.6 Å². The number of carbonyl (C=O) groups is 1. The monoisotopic (exact) mass is 242 g/mol. The minimum atomic E-state index is -1.05. The molecule has 0 bridgehead atoms. The van der Waals surface area contributed by atoms with E-state index >= 15 is 0 Å². The van der Waals surface area contributed by atoms with Crippen molar-refractivity contribution in [3.63, 3.8) is 0 Å². The van der Waals surface area contributed by atoms with Gasteiger partial charge in [-0.05, 0) is 30.7 Å². The maximum absolute atomic E-state index is 10.3. The van der Waals surface area contributed by atoms with Gasteiger partial charge >= 0.3 is 5.97 Å². The van der Waals surface area contributed by atoms with E-state index in [2.05, 4.69) is 0 Å². The van der Waals surface area contributed by atoms with Crippen molar-refractivity contribution in [1.82, 2.24) is 0 Å². The highest BCUT2D eigenvalue weighted by molar-refractivity contribution is 6.32. The molecule has 0 aromatic heterocycles. The van der Waals surface area contributed by atoms with E-state index in [4.69, 9.17) is 21.4 Å². The number of halogens is 1. The van der Waals surface area contributed by atoms with Crippen molar-refractivity contribution in [1.29, 1.82) is 0 Å². The number of phenolic OH excluding ortho intramolecular Hbond substituents is 1. The van der Waals surface area contributed by atoms with Crippen LogP contribution in [0.1, 0.15) is 12.5 Å². The second-order valence-electron chi connectivity index (χ2n) is 2.95. The third-order valence-corrected chi connectivity index (χ3v) is 2.06. The maximum Gasteiger partial charge on any atom is 0.328 e. The second-order valence-corrected chi connectivity index (χ2v) is 3.36. The molecule has 1 aromatic carbocycles. The molecule has 2 N–H and O–H groups in total. The average Bonchev–Trinajstić information content (AvgIpc) is 2.22. The lowest BCUT2D eigenvalue weighted by Crippen LogP contribution is -1.93. The average molecular weight is 243 g/mol. The van der Waals surface area contributed by atoms with Gasteiger partial charge in [-0.1, -0.05) is 11.6 Å². The molecule has 86 valence electrons. The van der Waals surface area contributed by atoms with Gasteiger partial charge in [0.15, 0.2) is 11.5 Å². The molecule has 0 atom stereocenters. The summed E-state index contributed by atoms with van der Waals surface area (Å²) < 4.78 is 5.15. The summed E-state index contributed by atoms with van der Waals surface area (Å²) in [5, 5.41) is 18.1. The van der Waals surface area contributed by atoms with E-state index in [-0.39, 0.29) is 16.5 Å². The molecule has 5 heteroatoms. The largest absolute Gasteiger partial charge is 0.503 e. The molecule has 0 radical (unpaired) electrons. The van der Waals surface area contributed by atoms with Crippen LogP contribution in [-0.4, -0.2) is 22.8 Å². The Bertz CT molecular complexity index is 426. The fraction of sp³-hybridized carbons (Fsp3) is 0.182. The Morgan fingerprint density at radius 3 is 2.81 bits per heavy atom. The van der Waals surface area contributed by atoms with E-state index in [0.717, 1.165) is 6.08 Å². The Balaban J connectivity index is 3.08. The summed E-state index contributed by atoms with van der Waals surface area (Å²) in [5.74, 6) is -0.960. The first-order valence-corrected chi connectivity index (χ1v) is 4.98. The Kier molecular flexibility index (Phi) is 4.19. The van der Waals surface area contributed by atoms with Crippen LogP contribution in [0.4, 0.5) is 0 Å². The lowest BCUT2D eigenvalue weighted by molar-refractivity contribution is -0.131. The van der Waals surface area contributed by atoms with Crippen molar-refractivity contribution in [3.05, 3.63) is 28.8 Å². The number of phenols is 1. The van der Waals surface area contributed by atoms with Crippen LogP contribution in [0.5, 0.6) is 11.5 Å². The SMILES string of the molecule is CCOc1cc(/C=C\C(=O)O)cc(Cl)c1O. The second kappa shape index (κ2) is 5.42. The third kappa shape index (κ3) is 3.17. The van der Waals surface area contributed by atoms with E-state index < -0.39 is 5.97 Å². The van der Waals surface area contributed by atoms with Gasteiger partial charge in [-0.25, -0.2) is 4.79 Å². The summed E-state index contributed by atoms with van der Waals surface area (Å²) in [7, 11) is 0. The van der Waals surface area contributed by atoms with Crippen molar-refractivity contribution < 1.29 is 19.7 Å². The fourth-order valence-electron chi connectivity index (χ4n) is 1.12. The number of hydrogen-bond acceptors (Lipinski definition) is 3. The number of aromatic hydroxyl groups is 1. The Morgan fingerprint density at radius 2 is 2.25 bits per heavy atom. The van der Waals surface area contributed by atoms with Crippen LogP contribution >= 0.6 is 11.6 Å². The molecule has 0 aliphatic rings. The Labute approximate surface area is 97.7 Å². The smallest absolute Gasteiger partial charge is 0.328 e. The first kappa shape index (κ1) is 12.4. The molecule has 0 saturated carbocycles. The maximum atomic E-state index is 10.3. The van der Waals surface area contributed by atoms with Gasteiger partial charge in [-0.3, -0.25) is 0 Å². The van der Waals surface area contributed by atoms with E-state index in [1.54, 1.807) is 6.92 Å². The van der Waals surface area contributed by atoms with Gasteiger partial charge in [0.1, 0.15) is 0 Å². The summed E-state index contributed by atoms with van der Waals surface area (Å²) >= 11 is 5.76. The molecule has 0 spiro atoms. The van der Waals surface area contributed by atoms with Crippen LogP contribution in [0.3, 0.4) is 0 Å². The molecular weight excluding hydrogens is 232 g/mol. The molecule has 1 aromatic rings. The standard InChI is InChI=1S/C11H11ClO4/c1-2-16-9-6-7(3-4-10(13)14)5-8(12)11(9)15/h3-6,15H,2H2,1H3,(H,13,14)/b4-3-. The van der Waals surface area contributed by atoms with Gasteiger partial charge in [0.2, 0.25) is 0 Å². The molecule has 0 aliphatic heterocycles. The molecule has 0 aliphatic carbocycles. The molecule has 16 heavy (non-hydrogen) atoms. The topological polar surface area (TPSA) is 66.8 Å². The molecule has 0 saturated heterocycles. The van der Waals surface area contributed by atoms with E-state index in [1.807, 2.05) is 0 Å². The van der Waals surface area contributed by atoms with E-state index in [9.17, 15) is 9.90 Å². The molecule has 0 unspecified atom stereocenters. The molecule has 0 amide bonds. The highest BCUT2D eigenvalue weighted by Gasteiger charge is 2.08. The normalized spacial score (nSPS) is 10.6. The van der Waals surface area contributed by atoms with Gasteiger partial charge in [0, 0.05) is 6.08 Å². The fourth-order valence-corrected chi connectivity index (χ4v) is 1.34. The quantitative estimate of drug-likeness (QED) is 0.797. The predicted molar refractivity (Wildman–Crippen MR) is 61.0 cm³/mol. The summed E-state index contributed by atoms with van der Waals surface area (Å²) in [6.07, 6.45) is 2.36. The van der Waals surface area contributed by atoms with Crippen LogP contribution in [0.25, 0.3) is 6.08 Å². The summed E-state index contributed by atoms with van der Waals surface area (Å²) in [5.41, 5.74) is 0.550. The van der Waals surface area contributed by atoms with Crippen molar-refractivity contribution in [2.75, 3.05) is 6.61 Å². The first-order chi connectivity index (χ1) is 7.54. The molecule has 4 nitrogen and oxygen atoms in total. The zero-order valence-electron chi connectivity index (χ0n) is 8.61. The number of aliphatic carboxylic acids is 1. The van der Waals surface area contributed by atoms with Crippen LogP contribution in [-0.2, 0) is 4.79 Å². The summed E-state index contributed by atoms with van der Waals surface area (Å²) in [6.45, 7) is 2.16. The lowest BCUT2D eigenvalue weighted by Gasteiger charge is -2.08.